The molecule has 0 saturated heterocycles. The minimum absolute atomic E-state index is 0.122. The molecule has 1 amide bonds. The summed E-state index contributed by atoms with van der Waals surface area (Å²) in [6, 6.07) is 10.2. The quantitative estimate of drug-likeness (QED) is 0.777. The van der Waals surface area contributed by atoms with Gasteiger partial charge in [0.2, 0.25) is 15.9 Å². The van der Waals surface area contributed by atoms with Gasteiger partial charge in [-0.3, -0.25) is 9.10 Å². The van der Waals surface area contributed by atoms with Gasteiger partial charge in [-0.25, -0.2) is 12.8 Å². The summed E-state index contributed by atoms with van der Waals surface area (Å²) in [7, 11) is -3.79. The molecule has 2 atom stereocenters. The molecule has 29 heavy (non-hydrogen) atoms. The van der Waals surface area contributed by atoms with Gasteiger partial charge in [-0.15, -0.1) is 0 Å². The number of aryl methyl sites for hydroxylation is 2. The van der Waals surface area contributed by atoms with Crippen LogP contribution in [0.3, 0.4) is 0 Å². The fraction of sp³-hybridized carbons (Fsp3) is 0.409. The molecule has 0 spiro atoms. The van der Waals surface area contributed by atoms with E-state index in [1.165, 1.54) is 49.1 Å². The van der Waals surface area contributed by atoms with E-state index in [2.05, 4.69) is 17.4 Å². The Morgan fingerprint density at radius 3 is 2.41 bits per heavy atom. The molecule has 0 heterocycles. The van der Waals surface area contributed by atoms with Gasteiger partial charge in [0.1, 0.15) is 11.9 Å². The predicted molar refractivity (Wildman–Crippen MR) is 113 cm³/mol. The van der Waals surface area contributed by atoms with E-state index in [1.54, 1.807) is 0 Å². The number of fused-ring (bicyclic) bond motifs is 1. The standard InChI is InChI=1S/C22H27FN2O3S/c1-15(18-12-11-17-7-4-5-8-19(17)13-18)24-22(26)16(2)25(29(3,27)28)21-10-6-9-20(23)14-21/h6,9-16H,4-5,7-8H2,1-3H3,(H,24,26)/t15-,16-/m1/s1. The van der Waals surface area contributed by atoms with E-state index in [-0.39, 0.29) is 11.7 Å². The lowest BCUT2D eigenvalue weighted by atomic mass is 9.89. The summed E-state index contributed by atoms with van der Waals surface area (Å²) < 4.78 is 39.2. The van der Waals surface area contributed by atoms with Crippen LogP contribution in [-0.2, 0) is 27.7 Å². The topological polar surface area (TPSA) is 66.5 Å². The maximum atomic E-state index is 13.6. The van der Waals surface area contributed by atoms with Crippen LogP contribution in [-0.4, -0.2) is 26.6 Å². The van der Waals surface area contributed by atoms with Crippen molar-refractivity contribution < 1.29 is 17.6 Å². The van der Waals surface area contributed by atoms with Crippen LogP contribution in [0.1, 0.15) is 49.4 Å². The van der Waals surface area contributed by atoms with Gasteiger partial charge in [-0.1, -0.05) is 24.3 Å². The van der Waals surface area contributed by atoms with Crippen molar-refractivity contribution >= 4 is 21.6 Å². The number of rotatable bonds is 6. The van der Waals surface area contributed by atoms with Crippen LogP contribution in [0.2, 0.25) is 0 Å². The molecule has 0 aliphatic heterocycles. The largest absolute Gasteiger partial charge is 0.348 e. The van der Waals surface area contributed by atoms with Crippen molar-refractivity contribution in [2.45, 2.75) is 51.6 Å². The lowest BCUT2D eigenvalue weighted by molar-refractivity contribution is -0.122. The number of nitrogens with one attached hydrogen (secondary N) is 1. The van der Waals surface area contributed by atoms with Crippen molar-refractivity contribution in [3.63, 3.8) is 0 Å². The van der Waals surface area contributed by atoms with Gasteiger partial charge in [-0.05, 0) is 74.4 Å². The molecule has 1 N–H and O–H groups in total. The SMILES string of the molecule is C[C@H](C(=O)N[C@H](C)c1ccc2c(c1)CCCC2)N(c1cccc(F)c1)S(C)(=O)=O. The first kappa shape index (κ1) is 21.3. The Bertz CT molecular complexity index is 1010. The zero-order valence-corrected chi connectivity index (χ0v) is 17.8. The van der Waals surface area contributed by atoms with E-state index in [4.69, 9.17) is 0 Å². The molecule has 0 saturated carbocycles. The second-order valence-corrected chi connectivity index (χ2v) is 9.54. The molecular weight excluding hydrogens is 391 g/mol. The van der Waals surface area contributed by atoms with Crippen molar-refractivity contribution in [3.05, 3.63) is 65.0 Å². The number of hydrogen-bond donors (Lipinski definition) is 1. The third-order valence-electron chi connectivity index (χ3n) is 5.38. The van der Waals surface area contributed by atoms with Crippen molar-refractivity contribution in [3.8, 4) is 0 Å². The van der Waals surface area contributed by atoms with Gasteiger partial charge < -0.3 is 5.32 Å². The average molecular weight is 419 g/mol. The van der Waals surface area contributed by atoms with E-state index in [0.717, 1.165) is 35.0 Å². The Labute approximate surface area is 172 Å². The monoisotopic (exact) mass is 418 g/mol. The van der Waals surface area contributed by atoms with Gasteiger partial charge in [0.05, 0.1) is 18.0 Å². The molecule has 0 bridgehead atoms. The van der Waals surface area contributed by atoms with Gasteiger partial charge in [-0.2, -0.15) is 0 Å². The number of nitrogens with zero attached hydrogens (tertiary/aromatic N) is 1. The van der Waals surface area contributed by atoms with Crippen LogP contribution >= 0.6 is 0 Å². The number of carbonyl (C=O) groups excluding carboxylic acids is 1. The fourth-order valence-corrected chi connectivity index (χ4v) is 5.03. The summed E-state index contributed by atoms with van der Waals surface area (Å²) in [6.07, 6.45) is 5.52. The summed E-state index contributed by atoms with van der Waals surface area (Å²) in [6.45, 7) is 3.38. The number of amides is 1. The number of hydrogen-bond acceptors (Lipinski definition) is 3. The molecular formula is C22H27FN2O3S. The van der Waals surface area contributed by atoms with E-state index in [0.29, 0.717) is 0 Å². The first-order chi connectivity index (χ1) is 13.7. The minimum Gasteiger partial charge on any atom is -0.348 e. The first-order valence-electron chi connectivity index (χ1n) is 9.84. The molecule has 0 aromatic heterocycles. The molecule has 3 rings (SSSR count). The average Bonchev–Trinajstić information content (AvgIpc) is 2.66. The Hall–Kier alpha value is -2.41. The maximum absolute atomic E-state index is 13.6. The smallest absolute Gasteiger partial charge is 0.244 e. The van der Waals surface area contributed by atoms with Crippen molar-refractivity contribution in [2.75, 3.05) is 10.6 Å². The van der Waals surface area contributed by atoms with Crippen LogP contribution in [0.15, 0.2) is 42.5 Å². The summed E-state index contributed by atoms with van der Waals surface area (Å²) in [5.41, 5.74) is 3.79. The zero-order valence-electron chi connectivity index (χ0n) is 17.0. The van der Waals surface area contributed by atoms with Crippen molar-refractivity contribution in [2.24, 2.45) is 0 Å². The number of halogens is 1. The van der Waals surface area contributed by atoms with Gasteiger partial charge in [0.15, 0.2) is 0 Å². The molecule has 5 nitrogen and oxygen atoms in total. The van der Waals surface area contributed by atoms with Crippen LogP contribution in [0, 0.1) is 5.82 Å². The maximum Gasteiger partial charge on any atom is 0.244 e. The third kappa shape index (κ3) is 4.96. The van der Waals surface area contributed by atoms with Crippen LogP contribution in [0.4, 0.5) is 10.1 Å². The number of sulfonamides is 1. The molecule has 0 radical (unpaired) electrons. The summed E-state index contributed by atoms with van der Waals surface area (Å²) in [5.74, 6) is -1.00. The summed E-state index contributed by atoms with van der Waals surface area (Å²) in [4.78, 5) is 12.9. The highest BCUT2D eigenvalue weighted by Gasteiger charge is 2.30. The number of benzene rings is 2. The lowest BCUT2D eigenvalue weighted by Crippen LogP contribution is -2.48. The highest BCUT2D eigenvalue weighted by molar-refractivity contribution is 7.92. The zero-order chi connectivity index (χ0) is 21.2. The highest BCUT2D eigenvalue weighted by atomic mass is 32.2. The van der Waals surface area contributed by atoms with Crippen LogP contribution in [0.5, 0.6) is 0 Å². The fourth-order valence-electron chi connectivity index (χ4n) is 3.86. The normalized spacial score (nSPS) is 15.9. The minimum atomic E-state index is -3.79. The van der Waals surface area contributed by atoms with Crippen LogP contribution < -0.4 is 9.62 Å². The van der Waals surface area contributed by atoms with Crippen molar-refractivity contribution in [1.29, 1.82) is 0 Å². The van der Waals surface area contributed by atoms with E-state index in [9.17, 15) is 17.6 Å². The highest BCUT2D eigenvalue weighted by Crippen LogP contribution is 2.26. The second kappa shape index (κ2) is 8.53. The Morgan fingerprint density at radius 2 is 1.76 bits per heavy atom. The summed E-state index contributed by atoms with van der Waals surface area (Å²) in [5, 5.41) is 2.90. The molecule has 2 aromatic rings. The molecule has 2 aromatic carbocycles. The van der Waals surface area contributed by atoms with Gasteiger partial charge >= 0.3 is 0 Å². The van der Waals surface area contributed by atoms with Gasteiger partial charge in [0.25, 0.3) is 0 Å². The molecule has 0 fully saturated rings. The number of anilines is 1. The molecule has 156 valence electrons. The van der Waals surface area contributed by atoms with Gasteiger partial charge in [0, 0.05) is 0 Å². The molecule has 7 heteroatoms. The van der Waals surface area contributed by atoms with E-state index < -0.39 is 27.8 Å². The molecule has 1 aliphatic rings. The molecule has 1 aliphatic carbocycles. The second-order valence-electron chi connectivity index (χ2n) is 7.68. The summed E-state index contributed by atoms with van der Waals surface area (Å²) >= 11 is 0. The molecule has 0 unspecified atom stereocenters. The lowest BCUT2D eigenvalue weighted by Gasteiger charge is -2.29. The third-order valence-corrected chi connectivity index (χ3v) is 6.62. The first-order valence-corrected chi connectivity index (χ1v) is 11.7. The van der Waals surface area contributed by atoms with E-state index in [1.807, 2.05) is 13.0 Å². The Balaban J connectivity index is 1.79. The number of carbonyl (C=O) groups is 1. The van der Waals surface area contributed by atoms with E-state index >= 15 is 0 Å². The predicted octanol–water partition coefficient (Wildman–Crippen LogP) is 3.74. The van der Waals surface area contributed by atoms with Crippen molar-refractivity contribution in [1.82, 2.24) is 5.32 Å². The Morgan fingerprint density at radius 1 is 1.07 bits per heavy atom. The Kier molecular flexibility index (Phi) is 6.27. The van der Waals surface area contributed by atoms with Crippen LogP contribution in [0.25, 0.3) is 0 Å².